The van der Waals surface area contributed by atoms with E-state index in [4.69, 9.17) is 17.4 Å². The first-order chi connectivity index (χ1) is 4.74. The molecule has 1 aromatic carbocycles. The maximum absolute atomic E-state index is 12.6. The third kappa shape index (κ3) is 2.54. The van der Waals surface area contributed by atoms with Crippen molar-refractivity contribution < 1.29 is 4.39 Å². The van der Waals surface area contributed by atoms with Gasteiger partial charge in [-0.2, -0.15) is 0 Å². The van der Waals surface area contributed by atoms with Crippen LogP contribution in [0.1, 0.15) is 0 Å². The van der Waals surface area contributed by atoms with Gasteiger partial charge in [-0.3, -0.25) is 5.84 Å². The summed E-state index contributed by atoms with van der Waals surface area (Å²) in [6.07, 6.45) is 0. The van der Waals surface area contributed by atoms with E-state index in [9.17, 15) is 4.39 Å². The Morgan fingerprint density at radius 3 is 2.55 bits per heavy atom. The summed E-state index contributed by atoms with van der Waals surface area (Å²) < 4.78 is 12.6. The molecular formula is C6H7Cl2FN2. The summed E-state index contributed by atoms with van der Waals surface area (Å²) >= 11 is 5.53. The third-order valence-electron chi connectivity index (χ3n) is 1.08. The minimum atomic E-state index is -0.410. The fourth-order valence-corrected chi connectivity index (χ4v) is 0.780. The highest BCUT2D eigenvalue weighted by molar-refractivity contribution is 6.30. The van der Waals surface area contributed by atoms with Crippen molar-refractivity contribution in [1.29, 1.82) is 0 Å². The molecule has 0 aliphatic carbocycles. The summed E-state index contributed by atoms with van der Waals surface area (Å²) in [4.78, 5) is 0. The molecule has 2 nitrogen and oxygen atoms in total. The first-order valence-electron chi connectivity index (χ1n) is 2.65. The Hall–Kier alpha value is -0.510. The largest absolute Gasteiger partial charge is 0.321 e. The van der Waals surface area contributed by atoms with E-state index in [1.165, 1.54) is 18.2 Å². The Bertz CT molecular complexity index is 242. The van der Waals surface area contributed by atoms with Crippen LogP contribution in [0, 0.1) is 5.82 Å². The van der Waals surface area contributed by atoms with Crippen LogP contribution in [0.4, 0.5) is 10.1 Å². The second-order valence-corrected chi connectivity index (χ2v) is 2.20. The van der Waals surface area contributed by atoms with Crippen molar-refractivity contribution in [2.75, 3.05) is 5.43 Å². The third-order valence-corrected chi connectivity index (χ3v) is 1.32. The van der Waals surface area contributed by atoms with Crippen LogP contribution in [0.2, 0.25) is 5.02 Å². The molecule has 11 heavy (non-hydrogen) atoms. The number of hydrogen-bond acceptors (Lipinski definition) is 2. The highest BCUT2D eigenvalue weighted by Crippen LogP contribution is 2.17. The first kappa shape index (κ1) is 10.5. The van der Waals surface area contributed by atoms with Crippen LogP contribution in [0.3, 0.4) is 0 Å². The van der Waals surface area contributed by atoms with Crippen LogP contribution in [-0.4, -0.2) is 0 Å². The van der Waals surface area contributed by atoms with Gasteiger partial charge < -0.3 is 5.43 Å². The number of anilines is 1. The van der Waals surface area contributed by atoms with Gasteiger partial charge in [-0.05, 0) is 18.2 Å². The van der Waals surface area contributed by atoms with E-state index in [-0.39, 0.29) is 18.1 Å². The molecule has 0 unspecified atom stereocenters. The smallest absolute Gasteiger partial charge is 0.147 e. The van der Waals surface area contributed by atoms with Crippen molar-refractivity contribution in [1.82, 2.24) is 0 Å². The fraction of sp³-hybridized carbons (Fsp3) is 0. The summed E-state index contributed by atoms with van der Waals surface area (Å²) in [5, 5.41) is 0.453. The number of hydrogen-bond donors (Lipinski definition) is 2. The van der Waals surface area contributed by atoms with E-state index in [0.717, 1.165) is 0 Å². The van der Waals surface area contributed by atoms with Crippen LogP contribution in [0.25, 0.3) is 0 Å². The predicted molar refractivity (Wildman–Crippen MR) is 46.5 cm³/mol. The van der Waals surface area contributed by atoms with Crippen molar-refractivity contribution >= 4 is 29.7 Å². The van der Waals surface area contributed by atoms with Crippen LogP contribution < -0.4 is 11.3 Å². The SMILES string of the molecule is Cl.NNc1cc(Cl)ccc1F. The zero-order valence-corrected chi connectivity index (χ0v) is 7.05. The van der Waals surface area contributed by atoms with E-state index >= 15 is 0 Å². The van der Waals surface area contributed by atoms with Crippen molar-refractivity contribution in [2.24, 2.45) is 5.84 Å². The first-order valence-corrected chi connectivity index (χ1v) is 3.03. The Kier molecular flexibility index (Phi) is 4.18. The lowest BCUT2D eigenvalue weighted by molar-refractivity contribution is 0.630. The summed E-state index contributed by atoms with van der Waals surface area (Å²) in [6.45, 7) is 0. The van der Waals surface area contributed by atoms with Gasteiger partial charge in [0.2, 0.25) is 0 Å². The lowest BCUT2D eigenvalue weighted by atomic mass is 10.3. The van der Waals surface area contributed by atoms with E-state index in [2.05, 4.69) is 5.43 Å². The quantitative estimate of drug-likeness (QED) is 0.534. The summed E-state index contributed by atoms with van der Waals surface area (Å²) in [6, 6.07) is 4.12. The molecule has 0 amide bonds. The average Bonchev–Trinajstić information content (AvgIpc) is 1.94. The number of nitrogens with two attached hydrogens (primary N) is 1. The molecule has 0 aliphatic rings. The van der Waals surface area contributed by atoms with E-state index in [1.807, 2.05) is 0 Å². The molecule has 0 saturated carbocycles. The topological polar surface area (TPSA) is 38.0 Å². The van der Waals surface area contributed by atoms with Gasteiger partial charge in [0, 0.05) is 5.02 Å². The fourth-order valence-electron chi connectivity index (χ4n) is 0.608. The Morgan fingerprint density at radius 2 is 2.09 bits per heavy atom. The van der Waals surface area contributed by atoms with E-state index < -0.39 is 5.82 Å². The Balaban J connectivity index is 0.000001000. The van der Waals surface area contributed by atoms with Crippen LogP contribution in [-0.2, 0) is 0 Å². The van der Waals surface area contributed by atoms with E-state index in [1.54, 1.807) is 0 Å². The average molecular weight is 197 g/mol. The zero-order valence-electron chi connectivity index (χ0n) is 5.47. The highest BCUT2D eigenvalue weighted by Gasteiger charge is 1.98. The van der Waals surface area contributed by atoms with Gasteiger partial charge in [0.25, 0.3) is 0 Å². The van der Waals surface area contributed by atoms with Gasteiger partial charge in [0.05, 0.1) is 5.69 Å². The molecule has 1 rings (SSSR count). The lowest BCUT2D eigenvalue weighted by Gasteiger charge is -2.00. The number of benzene rings is 1. The van der Waals surface area contributed by atoms with Crippen LogP contribution in [0.5, 0.6) is 0 Å². The molecule has 0 fully saturated rings. The summed E-state index contributed by atoms with van der Waals surface area (Å²) in [7, 11) is 0. The van der Waals surface area contributed by atoms with Gasteiger partial charge in [0.15, 0.2) is 0 Å². The van der Waals surface area contributed by atoms with Crippen LogP contribution >= 0.6 is 24.0 Å². The molecule has 0 aliphatic heterocycles. The molecule has 0 radical (unpaired) electrons. The van der Waals surface area contributed by atoms with Crippen molar-refractivity contribution in [2.45, 2.75) is 0 Å². The standard InChI is InChI=1S/C6H6ClFN2.ClH/c7-4-1-2-5(8)6(3-4)10-9;/h1-3,10H,9H2;1H. The molecule has 5 heteroatoms. The Morgan fingerprint density at radius 1 is 1.45 bits per heavy atom. The van der Waals surface area contributed by atoms with Crippen molar-refractivity contribution in [3.05, 3.63) is 29.0 Å². The maximum atomic E-state index is 12.6. The van der Waals surface area contributed by atoms with Gasteiger partial charge in [0.1, 0.15) is 5.82 Å². The van der Waals surface area contributed by atoms with Gasteiger partial charge >= 0.3 is 0 Å². The van der Waals surface area contributed by atoms with Crippen molar-refractivity contribution in [3.8, 4) is 0 Å². The second-order valence-electron chi connectivity index (χ2n) is 1.77. The zero-order chi connectivity index (χ0) is 7.56. The molecule has 0 aromatic heterocycles. The van der Waals surface area contributed by atoms with Crippen LogP contribution in [0.15, 0.2) is 18.2 Å². The molecule has 0 spiro atoms. The minimum Gasteiger partial charge on any atom is -0.321 e. The normalized spacial score (nSPS) is 8.64. The molecule has 0 atom stereocenters. The van der Waals surface area contributed by atoms with Gasteiger partial charge in [-0.15, -0.1) is 12.4 Å². The monoisotopic (exact) mass is 196 g/mol. The number of nitrogen functional groups attached to an aromatic ring is 1. The summed E-state index contributed by atoms with van der Waals surface area (Å²) in [5.41, 5.74) is 2.38. The minimum absolute atomic E-state index is 0. The number of hydrazine groups is 1. The molecule has 0 saturated heterocycles. The number of halogens is 3. The highest BCUT2D eigenvalue weighted by atomic mass is 35.5. The van der Waals surface area contributed by atoms with Gasteiger partial charge in [-0.25, -0.2) is 4.39 Å². The predicted octanol–water partition coefficient (Wildman–Crippen LogP) is 2.19. The van der Waals surface area contributed by atoms with Gasteiger partial charge in [-0.1, -0.05) is 11.6 Å². The number of rotatable bonds is 1. The molecule has 1 aromatic rings. The number of nitrogens with one attached hydrogen (secondary N) is 1. The van der Waals surface area contributed by atoms with E-state index in [0.29, 0.717) is 5.02 Å². The Labute approximate surface area is 74.9 Å². The molecule has 62 valence electrons. The molecular weight excluding hydrogens is 190 g/mol. The lowest BCUT2D eigenvalue weighted by Crippen LogP contribution is -2.08. The molecule has 0 heterocycles. The summed E-state index contributed by atoms with van der Waals surface area (Å²) in [5.74, 6) is 4.56. The van der Waals surface area contributed by atoms with Crippen molar-refractivity contribution in [3.63, 3.8) is 0 Å². The second kappa shape index (κ2) is 4.38. The maximum Gasteiger partial charge on any atom is 0.147 e. The molecule has 0 bridgehead atoms. The molecule has 3 N–H and O–H groups in total.